The van der Waals surface area contributed by atoms with Crippen LogP contribution < -0.4 is 4.74 Å². The topological polar surface area (TPSA) is 110 Å². The summed E-state index contributed by atoms with van der Waals surface area (Å²) in [6.45, 7) is 4.00. The lowest BCUT2D eigenvalue weighted by Crippen LogP contribution is -2.34. The molecule has 0 saturated heterocycles. The first-order valence-electron chi connectivity index (χ1n) is 9.84. The van der Waals surface area contributed by atoms with Gasteiger partial charge in [-0.15, -0.1) is 0 Å². The monoisotopic (exact) mass is 499 g/mol. The molecule has 0 unspecified atom stereocenters. The summed E-state index contributed by atoms with van der Waals surface area (Å²) in [5, 5.41) is -4.72. The molecule has 2 rings (SSSR count). The molecule has 0 heterocycles. The molecule has 0 N–H and O–H groups in total. The summed E-state index contributed by atoms with van der Waals surface area (Å²) in [6, 6.07) is 15.2. The van der Waals surface area contributed by atoms with Crippen molar-refractivity contribution in [2.75, 3.05) is 27.7 Å². The Morgan fingerprint density at radius 3 is 2.00 bits per heavy atom. The maximum absolute atomic E-state index is 12.8. The number of quaternary nitrogens is 1. The highest BCUT2D eigenvalue weighted by molar-refractivity contribution is 7.86. The van der Waals surface area contributed by atoms with Crippen molar-refractivity contribution < 1.29 is 45.3 Å². The number of rotatable bonds is 8. The Labute approximate surface area is 197 Å². The molecule has 0 aliphatic rings. The molecule has 0 aliphatic heterocycles. The normalized spacial score (nSPS) is 11.6. The molecule has 0 aliphatic carbocycles. The van der Waals surface area contributed by atoms with E-state index in [9.17, 15) is 31.3 Å². The highest BCUT2D eigenvalue weighted by atomic mass is 32.2. The highest BCUT2D eigenvalue weighted by Crippen LogP contribution is 2.21. The maximum Gasteiger partial charge on any atom is 0.367 e. The summed E-state index contributed by atoms with van der Waals surface area (Å²) >= 11 is 0. The molecule has 0 bridgehead atoms. The van der Waals surface area contributed by atoms with Crippen LogP contribution in [0.4, 0.5) is 8.78 Å². The van der Waals surface area contributed by atoms with Crippen LogP contribution in [0.1, 0.15) is 22.8 Å². The Kier molecular flexibility index (Phi) is 10.0. The van der Waals surface area contributed by atoms with Crippen molar-refractivity contribution in [2.24, 2.45) is 0 Å². The third-order valence-corrected chi connectivity index (χ3v) is 4.74. The molecule has 2 aromatic carbocycles. The van der Waals surface area contributed by atoms with Gasteiger partial charge >= 0.3 is 17.2 Å². The Balaban J connectivity index is 0.000000437. The molecule has 186 valence electrons. The molecule has 0 fully saturated rings. The van der Waals surface area contributed by atoms with Crippen LogP contribution in [-0.4, -0.2) is 62.4 Å². The zero-order valence-electron chi connectivity index (χ0n) is 19.3. The van der Waals surface area contributed by atoms with Gasteiger partial charge in [0.1, 0.15) is 12.3 Å². The van der Waals surface area contributed by atoms with E-state index < -0.39 is 33.9 Å². The number of nitrogens with zero attached hydrogens (tertiary/aromatic N) is 1. The van der Waals surface area contributed by atoms with Gasteiger partial charge in [0.15, 0.2) is 16.7 Å². The summed E-state index contributed by atoms with van der Waals surface area (Å²) in [4.78, 5) is 22.7. The van der Waals surface area contributed by atoms with Crippen LogP contribution in [0.25, 0.3) is 0 Å². The van der Waals surface area contributed by atoms with Gasteiger partial charge in [-0.3, -0.25) is 0 Å². The van der Waals surface area contributed by atoms with E-state index >= 15 is 0 Å². The standard InChI is InChI=1S/C13H12F2O7S.C10H16N/c1-8(2)11(16)22-10-5-3-9(4-6-10)12(17)21-7-13(14,15)23(18,19)20;1-11(2,3)9-10-7-5-4-6-8-10/h3-6H,1,7H2,2H3,(H,18,19,20);4-8H,9H2,1-3H3/q;+1/p-1. The Bertz CT molecular complexity index is 1090. The maximum atomic E-state index is 12.8. The molecule has 0 atom stereocenters. The summed E-state index contributed by atoms with van der Waals surface area (Å²) in [5.74, 6) is -1.89. The van der Waals surface area contributed by atoms with Crippen molar-refractivity contribution in [2.45, 2.75) is 18.7 Å². The predicted molar refractivity (Wildman–Crippen MR) is 120 cm³/mol. The zero-order valence-corrected chi connectivity index (χ0v) is 20.1. The van der Waals surface area contributed by atoms with Crippen LogP contribution in [0, 0.1) is 0 Å². The molecular formula is C23H27F2NO7S. The number of hydrogen-bond donors (Lipinski definition) is 0. The van der Waals surface area contributed by atoms with Crippen molar-refractivity contribution in [3.63, 3.8) is 0 Å². The molecule has 0 radical (unpaired) electrons. The molecular weight excluding hydrogens is 472 g/mol. The first-order valence-corrected chi connectivity index (χ1v) is 11.3. The second kappa shape index (κ2) is 11.8. The number of hydrogen-bond acceptors (Lipinski definition) is 7. The number of benzene rings is 2. The fourth-order valence-electron chi connectivity index (χ4n) is 2.29. The minimum atomic E-state index is -5.93. The van der Waals surface area contributed by atoms with Crippen LogP contribution in [0.5, 0.6) is 5.75 Å². The quantitative estimate of drug-likeness (QED) is 0.180. The summed E-state index contributed by atoms with van der Waals surface area (Å²) in [6.07, 6.45) is 0. The summed E-state index contributed by atoms with van der Waals surface area (Å²) in [5.41, 5.74) is 1.34. The fourth-order valence-corrected chi connectivity index (χ4v) is 2.49. The van der Waals surface area contributed by atoms with Gasteiger partial charge in [-0.2, -0.15) is 8.78 Å². The number of alkyl halides is 2. The van der Waals surface area contributed by atoms with Crippen LogP contribution in [-0.2, 0) is 26.2 Å². The van der Waals surface area contributed by atoms with E-state index in [1.165, 1.54) is 24.6 Å². The van der Waals surface area contributed by atoms with E-state index in [-0.39, 0.29) is 16.9 Å². The number of halogens is 2. The minimum absolute atomic E-state index is 0.0713. The lowest BCUT2D eigenvalue weighted by molar-refractivity contribution is -0.884. The van der Waals surface area contributed by atoms with E-state index in [0.29, 0.717) is 0 Å². The van der Waals surface area contributed by atoms with Crippen LogP contribution in [0.3, 0.4) is 0 Å². The van der Waals surface area contributed by atoms with E-state index in [1.54, 1.807) is 0 Å². The molecule has 0 amide bonds. The van der Waals surface area contributed by atoms with Crippen molar-refractivity contribution in [3.8, 4) is 5.75 Å². The van der Waals surface area contributed by atoms with Crippen LogP contribution in [0.15, 0.2) is 66.7 Å². The van der Waals surface area contributed by atoms with Gasteiger partial charge in [0, 0.05) is 11.1 Å². The lowest BCUT2D eigenvalue weighted by atomic mass is 10.2. The largest absolute Gasteiger partial charge is 0.743 e. The average Bonchev–Trinajstić information content (AvgIpc) is 2.71. The Morgan fingerprint density at radius 1 is 1.03 bits per heavy atom. The van der Waals surface area contributed by atoms with Gasteiger partial charge in [-0.1, -0.05) is 36.9 Å². The summed E-state index contributed by atoms with van der Waals surface area (Å²) < 4.78 is 66.4. The smallest absolute Gasteiger partial charge is 0.367 e. The molecule has 0 aromatic heterocycles. The van der Waals surface area contributed by atoms with Crippen molar-refractivity contribution in [3.05, 3.63) is 77.9 Å². The number of carbonyl (C=O) groups excluding carboxylic acids is 2. The minimum Gasteiger partial charge on any atom is -0.743 e. The molecule has 34 heavy (non-hydrogen) atoms. The number of carbonyl (C=O) groups is 2. The molecule has 11 heteroatoms. The lowest BCUT2D eigenvalue weighted by Gasteiger charge is -2.23. The van der Waals surface area contributed by atoms with Gasteiger partial charge in [0.2, 0.25) is 0 Å². The van der Waals surface area contributed by atoms with E-state index in [4.69, 9.17) is 4.74 Å². The first kappa shape index (κ1) is 28.9. The molecule has 2 aromatic rings. The fraction of sp³-hybridized carbons (Fsp3) is 0.304. The van der Waals surface area contributed by atoms with Crippen LogP contribution >= 0.6 is 0 Å². The predicted octanol–water partition coefficient (Wildman–Crippen LogP) is 3.36. The van der Waals surface area contributed by atoms with Crippen molar-refractivity contribution in [1.82, 2.24) is 0 Å². The highest BCUT2D eigenvalue weighted by Gasteiger charge is 2.39. The molecule has 0 spiro atoms. The molecule has 8 nitrogen and oxygen atoms in total. The average molecular weight is 500 g/mol. The van der Waals surface area contributed by atoms with Gasteiger partial charge < -0.3 is 18.5 Å². The number of esters is 2. The Morgan fingerprint density at radius 2 is 1.56 bits per heavy atom. The van der Waals surface area contributed by atoms with Gasteiger partial charge in [-0.25, -0.2) is 18.0 Å². The van der Waals surface area contributed by atoms with Crippen molar-refractivity contribution >= 4 is 22.1 Å². The third-order valence-electron chi connectivity index (χ3n) is 3.89. The van der Waals surface area contributed by atoms with Crippen LogP contribution in [0.2, 0.25) is 0 Å². The molecule has 0 saturated carbocycles. The van der Waals surface area contributed by atoms with Gasteiger partial charge in [-0.05, 0) is 31.2 Å². The second-order valence-corrected chi connectivity index (χ2v) is 9.80. The van der Waals surface area contributed by atoms with E-state index in [0.717, 1.165) is 23.2 Å². The SMILES string of the molecule is C=C(C)C(=O)Oc1ccc(C(=O)OCC(F)(F)S(=O)(=O)[O-])cc1.C[N+](C)(C)Cc1ccccc1. The third kappa shape index (κ3) is 10.2. The van der Waals surface area contributed by atoms with E-state index in [2.05, 4.69) is 62.8 Å². The van der Waals surface area contributed by atoms with Gasteiger partial charge in [0.05, 0.1) is 26.7 Å². The van der Waals surface area contributed by atoms with Crippen molar-refractivity contribution in [1.29, 1.82) is 0 Å². The summed E-state index contributed by atoms with van der Waals surface area (Å²) in [7, 11) is 0.669. The number of ether oxygens (including phenoxy) is 2. The first-order chi connectivity index (χ1) is 15.5. The Hall–Kier alpha value is -3.15. The van der Waals surface area contributed by atoms with Gasteiger partial charge in [0.25, 0.3) is 0 Å². The second-order valence-electron chi connectivity index (χ2n) is 8.30. The zero-order chi connectivity index (χ0) is 26.2. The van der Waals surface area contributed by atoms with E-state index in [1.807, 2.05) is 0 Å².